The van der Waals surface area contributed by atoms with Crippen molar-refractivity contribution in [3.63, 3.8) is 0 Å². The molecule has 1 aromatic carbocycles. The molecule has 7 nitrogen and oxygen atoms in total. The van der Waals surface area contributed by atoms with Crippen LogP contribution in [0.1, 0.15) is 11.4 Å². The van der Waals surface area contributed by atoms with E-state index in [9.17, 15) is 31.1 Å². The molecule has 0 aliphatic rings. The lowest BCUT2D eigenvalue weighted by Crippen LogP contribution is -2.27. The molecule has 0 aliphatic heterocycles. The van der Waals surface area contributed by atoms with Crippen LogP contribution >= 0.6 is 23.2 Å². The number of alkyl halides is 6. The minimum absolute atomic E-state index is 0.0494. The van der Waals surface area contributed by atoms with Gasteiger partial charge < -0.3 is 9.88 Å². The standard InChI is InChI=1S/C18H10Cl2F6N6O/c19-9-1-2-11-12(6-9)32-14(29-30-16(32)18(24,25)26)15(33)31(11)4-3-27-13-10(20)5-8(7-28-13)17(21,22)23/h1-2,5-7H,3-4H2,(H,27,28). The summed E-state index contributed by atoms with van der Waals surface area (Å²) in [5.41, 5.74) is -2.41. The third-order valence-electron chi connectivity index (χ3n) is 4.62. The van der Waals surface area contributed by atoms with Gasteiger partial charge >= 0.3 is 12.4 Å². The maximum absolute atomic E-state index is 13.4. The summed E-state index contributed by atoms with van der Waals surface area (Å²) < 4.78 is 80.1. The highest BCUT2D eigenvalue weighted by Crippen LogP contribution is 2.33. The van der Waals surface area contributed by atoms with Crippen LogP contribution in [-0.2, 0) is 18.9 Å². The zero-order valence-corrected chi connectivity index (χ0v) is 17.5. The molecule has 4 aromatic rings. The van der Waals surface area contributed by atoms with Crippen molar-refractivity contribution in [1.29, 1.82) is 0 Å². The van der Waals surface area contributed by atoms with E-state index in [-0.39, 0.29) is 40.0 Å². The molecular weight excluding hydrogens is 501 g/mol. The van der Waals surface area contributed by atoms with Crippen LogP contribution in [0.15, 0.2) is 35.3 Å². The van der Waals surface area contributed by atoms with E-state index < -0.39 is 34.9 Å². The SMILES string of the molecule is O=c1c2nnc(C(F)(F)F)n2c2cc(Cl)ccc2n1CCNc1ncc(C(F)(F)F)cc1Cl. The first-order valence-electron chi connectivity index (χ1n) is 8.99. The number of anilines is 1. The Kier molecular flexibility index (Phi) is 5.65. The third kappa shape index (κ3) is 4.29. The Hall–Kier alpha value is -3.06. The zero-order chi connectivity index (χ0) is 24.1. The lowest BCUT2D eigenvalue weighted by molar-refractivity contribution is -0.145. The molecule has 0 aliphatic carbocycles. The van der Waals surface area contributed by atoms with Crippen LogP contribution in [0.5, 0.6) is 0 Å². The second kappa shape index (κ2) is 8.06. The summed E-state index contributed by atoms with van der Waals surface area (Å²) in [5, 5.41) is 9.03. The first-order valence-corrected chi connectivity index (χ1v) is 9.74. The number of benzene rings is 1. The molecule has 0 amide bonds. The van der Waals surface area contributed by atoms with Gasteiger partial charge in [-0.2, -0.15) is 26.3 Å². The lowest BCUT2D eigenvalue weighted by Gasteiger charge is -2.15. The second-order valence-electron chi connectivity index (χ2n) is 6.75. The summed E-state index contributed by atoms with van der Waals surface area (Å²) in [6, 6.07) is 4.69. The molecule has 0 bridgehead atoms. The minimum atomic E-state index is -4.88. The van der Waals surface area contributed by atoms with E-state index >= 15 is 0 Å². The average Bonchev–Trinajstić information content (AvgIpc) is 3.17. The van der Waals surface area contributed by atoms with Crippen molar-refractivity contribution in [2.75, 3.05) is 11.9 Å². The van der Waals surface area contributed by atoms with Gasteiger partial charge in [0.1, 0.15) is 5.82 Å². The number of pyridine rings is 1. The highest BCUT2D eigenvalue weighted by molar-refractivity contribution is 6.33. The molecule has 33 heavy (non-hydrogen) atoms. The molecule has 0 unspecified atom stereocenters. The number of nitrogens with one attached hydrogen (secondary N) is 1. The number of hydrogen-bond acceptors (Lipinski definition) is 5. The number of halogens is 8. The summed E-state index contributed by atoms with van der Waals surface area (Å²) in [6.07, 6.45) is -8.90. The number of hydrogen-bond donors (Lipinski definition) is 1. The van der Waals surface area contributed by atoms with Crippen LogP contribution in [0, 0.1) is 0 Å². The molecule has 4 rings (SSSR count). The molecule has 0 saturated heterocycles. The van der Waals surface area contributed by atoms with Crippen molar-refractivity contribution < 1.29 is 26.3 Å². The highest BCUT2D eigenvalue weighted by atomic mass is 35.5. The zero-order valence-electron chi connectivity index (χ0n) is 16.0. The van der Waals surface area contributed by atoms with Gasteiger partial charge in [-0.1, -0.05) is 23.2 Å². The first-order chi connectivity index (χ1) is 15.4. The van der Waals surface area contributed by atoms with E-state index in [2.05, 4.69) is 20.5 Å². The first kappa shape index (κ1) is 23.1. The van der Waals surface area contributed by atoms with Crippen LogP contribution in [0.2, 0.25) is 10.0 Å². The Morgan fingerprint density at radius 1 is 0.970 bits per heavy atom. The topological polar surface area (TPSA) is 77.1 Å². The number of rotatable bonds is 4. The van der Waals surface area contributed by atoms with E-state index in [0.29, 0.717) is 16.7 Å². The van der Waals surface area contributed by atoms with Gasteiger partial charge in [0.05, 0.1) is 21.6 Å². The Balaban J connectivity index is 1.72. The van der Waals surface area contributed by atoms with Gasteiger partial charge in [0, 0.05) is 24.3 Å². The molecule has 3 aromatic heterocycles. The quantitative estimate of drug-likeness (QED) is 0.395. The molecule has 1 N–H and O–H groups in total. The fourth-order valence-electron chi connectivity index (χ4n) is 3.20. The van der Waals surface area contributed by atoms with Gasteiger partial charge in [-0.05, 0) is 24.3 Å². The summed E-state index contributed by atoms with van der Waals surface area (Å²) in [5.74, 6) is -1.44. The normalized spacial score (nSPS) is 12.6. The maximum atomic E-state index is 13.4. The Morgan fingerprint density at radius 3 is 2.33 bits per heavy atom. The fourth-order valence-corrected chi connectivity index (χ4v) is 3.60. The predicted octanol–water partition coefficient (Wildman–Crippen LogP) is 4.90. The third-order valence-corrected chi connectivity index (χ3v) is 5.14. The van der Waals surface area contributed by atoms with Crippen LogP contribution in [0.4, 0.5) is 32.2 Å². The lowest BCUT2D eigenvalue weighted by atomic mass is 10.2. The maximum Gasteiger partial charge on any atom is 0.452 e. The van der Waals surface area contributed by atoms with Crippen molar-refractivity contribution in [2.45, 2.75) is 18.9 Å². The molecule has 0 saturated carbocycles. The van der Waals surface area contributed by atoms with E-state index in [1.807, 2.05) is 0 Å². The van der Waals surface area contributed by atoms with Crippen LogP contribution in [0.3, 0.4) is 0 Å². The van der Waals surface area contributed by atoms with Crippen LogP contribution < -0.4 is 10.9 Å². The van der Waals surface area contributed by atoms with E-state index in [4.69, 9.17) is 23.2 Å². The van der Waals surface area contributed by atoms with Crippen molar-refractivity contribution >= 4 is 45.7 Å². The number of aromatic nitrogens is 5. The van der Waals surface area contributed by atoms with Gasteiger partial charge in [-0.15, -0.1) is 10.2 Å². The van der Waals surface area contributed by atoms with Crippen molar-refractivity contribution in [3.05, 3.63) is 62.2 Å². The fraction of sp³-hybridized carbons (Fsp3) is 0.222. The van der Waals surface area contributed by atoms with E-state index in [1.54, 1.807) is 0 Å². The number of nitrogens with zero attached hydrogens (tertiary/aromatic N) is 5. The largest absolute Gasteiger partial charge is 0.452 e. The molecule has 0 atom stereocenters. The summed E-state index contributed by atoms with van der Waals surface area (Å²) in [4.78, 5) is 16.5. The Bertz CT molecular complexity index is 1430. The predicted molar refractivity (Wildman–Crippen MR) is 108 cm³/mol. The smallest absolute Gasteiger partial charge is 0.367 e. The summed E-state index contributed by atoms with van der Waals surface area (Å²) >= 11 is 11.8. The molecule has 3 heterocycles. The van der Waals surface area contributed by atoms with Crippen LogP contribution in [-0.4, -0.2) is 30.7 Å². The Morgan fingerprint density at radius 2 is 1.70 bits per heavy atom. The average molecular weight is 511 g/mol. The van der Waals surface area contributed by atoms with Gasteiger partial charge in [-0.25, -0.2) is 4.98 Å². The molecule has 0 radical (unpaired) electrons. The second-order valence-corrected chi connectivity index (χ2v) is 7.59. The summed E-state index contributed by atoms with van der Waals surface area (Å²) in [7, 11) is 0. The molecule has 0 fully saturated rings. The molecule has 0 spiro atoms. The van der Waals surface area contributed by atoms with Gasteiger partial charge in [0.15, 0.2) is 0 Å². The van der Waals surface area contributed by atoms with Crippen LogP contribution in [0.25, 0.3) is 16.7 Å². The number of fused-ring (bicyclic) bond motifs is 3. The molecule has 174 valence electrons. The highest BCUT2D eigenvalue weighted by Gasteiger charge is 2.38. The van der Waals surface area contributed by atoms with Gasteiger partial charge in [0.2, 0.25) is 11.5 Å². The van der Waals surface area contributed by atoms with Crippen molar-refractivity contribution in [3.8, 4) is 0 Å². The van der Waals surface area contributed by atoms with Gasteiger partial charge in [0.25, 0.3) is 5.56 Å². The van der Waals surface area contributed by atoms with Gasteiger partial charge in [-0.3, -0.25) is 9.20 Å². The monoisotopic (exact) mass is 510 g/mol. The molecular formula is C18H10Cl2F6N6O. The van der Waals surface area contributed by atoms with E-state index in [0.717, 1.165) is 4.57 Å². The van der Waals surface area contributed by atoms with E-state index in [1.165, 1.54) is 18.2 Å². The molecule has 15 heteroatoms. The van der Waals surface area contributed by atoms with Crippen molar-refractivity contribution in [2.24, 2.45) is 0 Å². The summed E-state index contributed by atoms with van der Waals surface area (Å²) in [6.45, 7) is -0.160. The van der Waals surface area contributed by atoms with Crippen molar-refractivity contribution in [1.82, 2.24) is 24.1 Å². The minimum Gasteiger partial charge on any atom is -0.367 e. The Labute approximate surface area is 189 Å².